The first-order chi connectivity index (χ1) is 7.63. The maximum Gasteiger partial charge on any atom is 0.226 e. The Hall–Kier alpha value is -1.63. The highest BCUT2D eigenvalue weighted by atomic mass is 79.9. The van der Waals surface area contributed by atoms with Crippen LogP contribution in [0.5, 0.6) is 0 Å². The number of halogens is 1. The predicted molar refractivity (Wildman–Crippen MR) is 64.7 cm³/mol. The van der Waals surface area contributed by atoms with Gasteiger partial charge in [-0.2, -0.15) is 10.1 Å². The van der Waals surface area contributed by atoms with Gasteiger partial charge < -0.3 is 11.1 Å². The Kier molecular flexibility index (Phi) is 3.04. The van der Waals surface area contributed by atoms with Crippen LogP contribution in [0.3, 0.4) is 0 Å². The Labute approximate surface area is 101 Å². The second-order valence-electron chi connectivity index (χ2n) is 3.27. The molecule has 7 heteroatoms. The summed E-state index contributed by atoms with van der Waals surface area (Å²) in [4.78, 5) is 8.18. The molecule has 0 aliphatic heterocycles. The number of nitrogen functional groups attached to an aromatic ring is 1. The largest absolute Gasteiger partial charge is 0.383 e. The van der Waals surface area contributed by atoms with Crippen LogP contribution in [0.4, 0.5) is 11.8 Å². The number of aryl methyl sites for hydroxylation is 1. The molecule has 0 aliphatic carbocycles. The lowest BCUT2D eigenvalue weighted by Gasteiger charge is -2.03. The lowest BCUT2D eigenvalue weighted by Crippen LogP contribution is -2.06. The average Bonchev–Trinajstić information content (AvgIpc) is 2.60. The van der Waals surface area contributed by atoms with Crippen LogP contribution < -0.4 is 11.1 Å². The number of nitrogens with one attached hydrogen (secondary N) is 1. The molecule has 84 valence electrons. The number of hydrogen-bond donors (Lipinski definition) is 2. The van der Waals surface area contributed by atoms with E-state index in [-0.39, 0.29) is 0 Å². The third-order valence-electron chi connectivity index (χ3n) is 1.91. The molecule has 2 heterocycles. The Bertz CT molecular complexity index is 474. The minimum atomic E-state index is 0.422. The molecule has 16 heavy (non-hydrogen) atoms. The second-order valence-corrected chi connectivity index (χ2v) is 4.09. The summed E-state index contributed by atoms with van der Waals surface area (Å²) in [6.45, 7) is 0.566. The van der Waals surface area contributed by atoms with Crippen LogP contribution in [0.1, 0.15) is 5.69 Å². The van der Waals surface area contributed by atoms with E-state index in [4.69, 9.17) is 5.73 Å². The minimum absolute atomic E-state index is 0.422. The molecule has 0 amide bonds. The maximum atomic E-state index is 5.59. The van der Waals surface area contributed by atoms with Crippen LogP contribution in [0.2, 0.25) is 0 Å². The first kappa shape index (κ1) is 10.9. The SMILES string of the molecule is Cn1ccc(CNc2nc(N)cc(Br)n2)n1. The number of nitrogens with two attached hydrogens (primary N) is 1. The van der Waals surface area contributed by atoms with Crippen molar-refractivity contribution in [2.75, 3.05) is 11.1 Å². The van der Waals surface area contributed by atoms with Crippen molar-refractivity contribution in [2.24, 2.45) is 7.05 Å². The third-order valence-corrected chi connectivity index (χ3v) is 2.32. The van der Waals surface area contributed by atoms with Crippen LogP contribution in [0.15, 0.2) is 22.9 Å². The molecule has 0 atom stereocenters. The van der Waals surface area contributed by atoms with E-state index in [1.807, 2.05) is 19.3 Å². The normalized spacial score (nSPS) is 10.4. The molecule has 2 aromatic rings. The van der Waals surface area contributed by atoms with E-state index in [0.717, 1.165) is 5.69 Å². The van der Waals surface area contributed by atoms with Gasteiger partial charge in [0.2, 0.25) is 5.95 Å². The van der Waals surface area contributed by atoms with Crippen molar-refractivity contribution in [1.82, 2.24) is 19.7 Å². The summed E-state index contributed by atoms with van der Waals surface area (Å²) in [5.74, 6) is 0.905. The number of rotatable bonds is 3. The summed E-state index contributed by atoms with van der Waals surface area (Å²) in [7, 11) is 1.87. The predicted octanol–water partition coefficient (Wildman–Crippen LogP) is 1.17. The Morgan fingerprint density at radius 3 is 2.94 bits per heavy atom. The van der Waals surface area contributed by atoms with Crippen molar-refractivity contribution < 1.29 is 0 Å². The smallest absolute Gasteiger partial charge is 0.226 e. The highest BCUT2D eigenvalue weighted by molar-refractivity contribution is 9.10. The van der Waals surface area contributed by atoms with E-state index in [9.17, 15) is 0 Å². The van der Waals surface area contributed by atoms with Crippen LogP contribution in [0, 0.1) is 0 Å². The van der Waals surface area contributed by atoms with Gasteiger partial charge in [-0.25, -0.2) is 4.98 Å². The lowest BCUT2D eigenvalue weighted by atomic mass is 10.4. The fourth-order valence-corrected chi connectivity index (χ4v) is 1.64. The van der Waals surface area contributed by atoms with Gasteiger partial charge in [0.05, 0.1) is 12.2 Å². The van der Waals surface area contributed by atoms with E-state index in [1.165, 1.54) is 0 Å². The molecule has 0 saturated carbocycles. The molecule has 0 radical (unpaired) electrons. The van der Waals surface area contributed by atoms with Crippen LogP contribution >= 0.6 is 15.9 Å². The first-order valence-corrected chi connectivity index (χ1v) is 5.45. The summed E-state index contributed by atoms with van der Waals surface area (Å²) < 4.78 is 2.40. The molecule has 0 spiro atoms. The molecule has 6 nitrogen and oxygen atoms in total. The number of aromatic nitrogens is 4. The quantitative estimate of drug-likeness (QED) is 0.826. The Morgan fingerprint density at radius 2 is 2.31 bits per heavy atom. The Balaban J connectivity index is 2.04. The van der Waals surface area contributed by atoms with Crippen LogP contribution in [0.25, 0.3) is 0 Å². The fourth-order valence-electron chi connectivity index (χ4n) is 1.24. The second kappa shape index (κ2) is 4.48. The van der Waals surface area contributed by atoms with Crippen molar-refractivity contribution in [3.8, 4) is 0 Å². The van der Waals surface area contributed by atoms with E-state index in [2.05, 4.69) is 36.3 Å². The molecule has 0 unspecified atom stereocenters. The van der Waals surface area contributed by atoms with Gasteiger partial charge in [-0.3, -0.25) is 4.68 Å². The highest BCUT2D eigenvalue weighted by Gasteiger charge is 2.01. The van der Waals surface area contributed by atoms with E-state index in [1.54, 1.807) is 10.7 Å². The van der Waals surface area contributed by atoms with Gasteiger partial charge in [-0.15, -0.1) is 0 Å². The standard InChI is InChI=1S/C9H11BrN6/c1-16-3-2-6(15-16)5-12-9-13-7(10)4-8(11)14-9/h2-4H,5H2,1H3,(H3,11,12,13,14). The summed E-state index contributed by atoms with van der Waals surface area (Å²) >= 11 is 3.25. The fraction of sp³-hybridized carbons (Fsp3) is 0.222. The topological polar surface area (TPSA) is 81.7 Å². The number of nitrogens with zero attached hydrogens (tertiary/aromatic N) is 4. The summed E-state index contributed by atoms with van der Waals surface area (Å²) in [6, 6.07) is 3.57. The minimum Gasteiger partial charge on any atom is -0.383 e. The van der Waals surface area contributed by atoms with Gasteiger partial charge in [0, 0.05) is 19.3 Å². The van der Waals surface area contributed by atoms with Crippen molar-refractivity contribution >= 4 is 27.7 Å². The van der Waals surface area contributed by atoms with Crippen molar-refractivity contribution in [3.05, 3.63) is 28.6 Å². The van der Waals surface area contributed by atoms with Gasteiger partial charge >= 0.3 is 0 Å². The van der Waals surface area contributed by atoms with Crippen LogP contribution in [-0.2, 0) is 13.6 Å². The lowest BCUT2D eigenvalue weighted by molar-refractivity contribution is 0.746. The summed E-state index contributed by atoms with van der Waals surface area (Å²) in [5, 5.41) is 7.27. The van der Waals surface area contributed by atoms with Gasteiger partial charge in [-0.1, -0.05) is 0 Å². The van der Waals surface area contributed by atoms with E-state index in [0.29, 0.717) is 22.9 Å². The molecule has 0 aliphatic rings. The van der Waals surface area contributed by atoms with Gasteiger partial charge in [0.1, 0.15) is 10.4 Å². The van der Waals surface area contributed by atoms with Crippen molar-refractivity contribution in [2.45, 2.75) is 6.54 Å². The highest BCUT2D eigenvalue weighted by Crippen LogP contribution is 2.12. The van der Waals surface area contributed by atoms with E-state index < -0.39 is 0 Å². The summed E-state index contributed by atoms with van der Waals surface area (Å²) in [6.07, 6.45) is 1.88. The van der Waals surface area contributed by atoms with E-state index >= 15 is 0 Å². The van der Waals surface area contributed by atoms with Crippen molar-refractivity contribution in [1.29, 1.82) is 0 Å². The molecular formula is C9H11BrN6. The molecule has 0 fully saturated rings. The number of hydrogen-bond acceptors (Lipinski definition) is 5. The van der Waals surface area contributed by atoms with Gasteiger partial charge in [-0.05, 0) is 22.0 Å². The zero-order valence-corrected chi connectivity index (χ0v) is 10.3. The summed E-state index contributed by atoms with van der Waals surface area (Å²) in [5.41, 5.74) is 6.51. The number of anilines is 2. The van der Waals surface area contributed by atoms with Crippen LogP contribution in [-0.4, -0.2) is 19.7 Å². The zero-order chi connectivity index (χ0) is 11.5. The van der Waals surface area contributed by atoms with Crippen molar-refractivity contribution in [3.63, 3.8) is 0 Å². The average molecular weight is 283 g/mol. The molecule has 3 N–H and O–H groups in total. The first-order valence-electron chi connectivity index (χ1n) is 4.66. The zero-order valence-electron chi connectivity index (χ0n) is 8.68. The maximum absolute atomic E-state index is 5.59. The third kappa shape index (κ3) is 2.69. The van der Waals surface area contributed by atoms with Gasteiger partial charge in [0.15, 0.2) is 0 Å². The van der Waals surface area contributed by atoms with Gasteiger partial charge in [0.25, 0.3) is 0 Å². The molecule has 0 saturated heterocycles. The Morgan fingerprint density at radius 1 is 1.50 bits per heavy atom. The molecule has 0 bridgehead atoms. The molecule has 2 rings (SSSR count). The molecular weight excluding hydrogens is 272 g/mol. The molecule has 0 aromatic carbocycles. The monoisotopic (exact) mass is 282 g/mol. The molecule has 2 aromatic heterocycles.